The number of alkyl halides is 3. The van der Waals surface area contributed by atoms with Crippen LogP contribution in [0.15, 0.2) is 66.7 Å². The van der Waals surface area contributed by atoms with E-state index in [4.69, 9.17) is 11.6 Å². The number of anilines is 2. The van der Waals surface area contributed by atoms with Crippen LogP contribution in [-0.2, 0) is 0 Å². The van der Waals surface area contributed by atoms with Gasteiger partial charge in [-0.3, -0.25) is 4.90 Å². The van der Waals surface area contributed by atoms with Crippen molar-refractivity contribution in [2.45, 2.75) is 6.36 Å². The summed E-state index contributed by atoms with van der Waals surface area (Å²) in [6.45, 7) is 0.915. The molecule has 2 amide bonds. The zero-order chi connectivity index (χ0) is 24.9. The van der Waals surface area contributed by atoms with Gasteiger partial charge in [0, 0.05) is 24.5 Å². The van der Waals surface area contributed by atoms with Crippen LogP contribution in [-0.4, -0.2) is 44.5 Å². The Kier molecular flexibility index (Phi) is 8.01. The Morgan fingerprint density at radius 1 is 0.971 bits per heavy atom. The van der Waals surface area contributed by atoms with Gasteiger partial charge in [0.15, 0.2) is 0 Å². The molecule has 180 valence electrons. The van der Waals surface area contributed by atoms with Crippen molar-refractivity contribution in [2.75, 3.05) is 37.4 Å². The van der Waals surface area contributed by atoms with Crippen LogP contribution in [0.3, 0.4) is 0 Å². The molecule has 0 saturated heterocycles. The highest BCUT2D eigenvalue weighted by molar-refractivity contribution is 6.31. The van der Waals surface area contributed by atoms with E-state index in [1.165, 1.54) is 35.2 Å². The van der Waals surface area contributed by atoms with E-state index in [9.17, 15) is 22.4 Å². The van der Waals surface area contributed by atoms with Gasteiger partial charge in [-0.05, 0) is 67.7 Å². The molecule has 0 fully saturated rings. The SMILES string of the molecule is CN(C)CCN(C(=O)Nc1ccc(F)c(Cl)c1)c1ccc(-c2cccc(OC(F)(F)F)c2)cc1. The molecular weight excluding hydrogens is 474 g/mol. The lowest BCUT2D eigenvalue weighted by Gasteiger charge is -2.25. The van der Waals surface area contributed by atoms with Crippen molar-refractivity contribution in [3.05, 3.63) is 77.6 Å². The summed E-state index contributed by atoms with van der Waals surface area (Å²) in [5.74, 6) is -0.913. The fraction of sp³-hybridized carbons (Fsp3) is 0.208. The molecular formula is C24H22ClF4N3O2. The zero-order valence-corrected chi connectivity index (χ0v) is 19.1. The van der Waals surface area contributed by atoms with E-state index in [1.807, 2.05) is 19.0 Å². The number of hydrogen-bond acceptors (Lipinski definition) is 3. The quantitative estimate of drug-likeness (QED) is 0.373. The zero-order valence-electron chi connectivity index (χ0n) is 18.4. The maximum absolute atomic E-state index is 13.4. The van der Waals surface area contributed by atoms with Gasteiger partial charge in [0.2, 0.25) is 0 Å². The number of likely N-dealkylation sites (N-methyl/N-ethyl adjacent to an activating group) is 1. The third-order valence-corrected chi connectivity index (χ3v) is 5.06. The minimum absolute atomic E-state index is 0.112. The molecule has 0 unspecified atom stereocenters. The number of nitrogens with zero attached hydrogens (tertiary/aromatic N) is 2. The van der Waals surface area contributed by atoms with Gasteiger partial charge in [-0.25, -0.2) is 9.18 Å². The molecule has 3 aromatic rings. The molecule has 0 aliphatic heterocycles. The number of ether oxygens (including phenoxy) is 1. The summed E-state index contributed by atoms with van der Waals surface area (Å²) in [4.78, 5) is 16.4. The summed E-state index contributed by atoms with van der Waals surface area (Å²) in [5.41, 5.74) is 2.08. The standard InChI is InChI=1S/C24H22ClF4N3O2/c1-31(2)12-13-32(23(33)30-18-8-11-22(26)21(25)15-18)19-9-6-16(7-10-19)17-4-3-5-20(14-17)34-24(27,28)29/h3-11,14-15H,12-13H2,1-2H3,(H,30,33). The number of urea groups is 1. The normalized spacial score (nSPS) is 11.4. The van der Waals surface area contributed by atoms with Crippen LogP contribution in [0.2, 0.25) is 5.02 Å². The van der Waals surface area contributed by atoms with Gasteiger partial charge in [0.1, 0.15) is 11.6 Å². The fourth-order valence-corrected chi connectivity index (χ4v) is 3.30. The lowest BCUT2D eigenvalue weighted by atomic mass is 10.0. The van der Waals surface area contributed by atoms with E-state index >= 15 is 0 Å². The smallest absolute Gasteiger partial charge is 0.406 e. The lowest BCUT2D eigenvalue weighted by molar-refractivity contribution is -0.274. The van der Waals surface area contributed by atoms with Crippen LogP contribution in [0, 0.1) is 5.82 Å². The summed E-state index contributed by atoms with van der Waals surface area (Å²) in [7, 11) is 3.74. The molecule has 0 radical (unpaired) electrons. The Morgan fingerprint density at radius 3 is 2.29 bits per heavy atom. The molecule has 0 atom stereocenters. The van der Waals surface area contributed by atoms with E-state index in [0.717, 1.165) is 6.07 Å². The van der Waals surface area contributed by atoms with Crippen molar-refractivity contribution in [1.82, 2.24) is 4.90 Å². The van der Waals surface area contributed by atoms with Crippen molar-refractivity contribution < 1.29 is 27.1 Å². The highest BCUT2D eigenvalue weighted by Crippen LogP contribution is 2.29. The summed E-state index contributed by atoms with van der Waals surface area (Å²) >= 11 is 5.80. The van der Waals surface area contributed by atoms with Gasteiger partial charge >= 0.3 is 12.4 Å². The summed E-state index contributed by atoms with van der Waals surface area (Å²) in [5, 5.41) is 2.59. The number of carbonyl (C=O) groups is 1. The van der Waals surface area contributed by atoms with Crippen LogP contribution in [0.25, 0.3) is 11.1 Å². The maximum Gasteiger partial charge on any atom is 0.573 e. The number of benzene rings is 3. The minimum Gasteiger partial charge on any atom is -0.406 e. The average molecular weight is 496 g/mol. The second-order valence-electron chi connectivity index (χ2n) is 7.64. The van der Waals surface area contributed by atoms with E-state index in [0.29, 0.717) is 35.6 Å². The molecule has 1 N–H and O–H groups in total. The summed E-state index contributed by atoms with van der Waals surface area (Å²) < 4.78 is 55.0. The maximum atomic E-state index is 13.4. The first-order valence-electron chi connectivity index (χ1n) is 10.2. The van der Waals surface area contributed by atoms with Crippen LogP contribution < -0.4 is 15.0 Å². The summed E-state index contributed by atoms with van der Waals surface area (Å²) in [6, 6.07) is 15.9. The molecule has 0 aliphatic rings. The number of hydrogen-bond donors (Lipinski definition) is 1. The van der Waals surface area contributed by atoms with Gasteiger partial charge in [-0.15, -0.1) is 13.2 Å². The van der Waals surface area contributed by atoms with Crippen LogP contribution in [0.4, 0.5) is 33.7 Å². The van der Waals surface area contributed by atoms with Crippen molar-refractivity contribution in [2.24, 2.45) is 0 Å². The third-order valence-electron chi connectivity index (χ3n) is 4.77. The molecule has 10 heteroatoms. The van der Waals surface area contributed by atoms with Crippen LogP contribution >= 0.6 is 11.6 Å². The molecule has 34 heavy (non-hydrogen) atoms. The fourth-order valence-electron chi connectivity index (χ4n) is 3.12. The van der Waals surface area contributed by atoms with Crippen molar-refractivity contribution in [3.8, 4) is 16.9 Å². The average Bonchev–Trinajstić information content (AvgIpc) is 2.76. The number of nitrogens with one attached hydrogen (secondary N) is 1. The number of rotatable bonds is 7. The molecule has 0 spiro atoms. The minimum atomic E-state index is -4.78. The van der Waals surface area contributed by atoms with Gasteiger partial charge < -0.3 is 15.0 Å². The first-order valence-corrected chi connectivity index (χ1v) is 10.5. The van der Waals surface area contributed by atoms with E-state index in [1.54, 1.807) is 30.3 Å². The van der Waals surface area contributed by atoms with Gasteiger partial charge in [0.25, 0.3) is 0 Å². The topological polar surface area (TPSA) is 44.8 Å². The Hall–Kier alpha value is -3.30. The highest BCUT2D eigenvalue weighted by Gasteiger charge is 2.31. The lowest BCUT2D eigenvalue weighted by Crippen LogP contribution is -2.39. The Balaban J connectivity index is 1.82. The highest BCUT2D eigenvalue weighted by atomic mass is 35.5. The van der Waals surface area contributed by atoms with Crippen LogP contribution in [0.1, 0.15) is 0 Å². The van der Waals surface area contributed by atoms with E-state index in [2.05, 4.69) is 10.1 Å². The van der Waals surface area contributed by atoms with Crippen molar-refractivity contribution >= 4 is 29.0 Å². The molecule has 5 nitrogen and oxygen atoms in total. The van der Waals surface area contributed by atoms with Crippen LogP contribution in [0.5, 0.6) is 5.75 Å². The molecule has 3 rings (SSSR count). The number of carbonyl (C=O) groups excluding carboxylic acids is 1. The number of halogens is 5. The predicted molar refractivity (Wildman–Crippen MR) is 125 cm³/mol. The second-order valence-corrected chi connectivity index (χ2v) is 8.04. The largest absolute Gasteiger partial charge is 0.573 e. The Bertz CT molecular complexity index is 1140. The van der Waals surface area contributed by atoms with Gasteiger partial charge in [-0.2, -0.15) is 0 Å². The third kappa shape index (κ3) is 7.10. The summed E-state index contributed by atoms with van der Waals surface area (Å²) in [6.07, 6.45) is -4.78. The molecule has 0 bridgehead atoms. The first kappa shape index (κ1) is 25.3. The van der Waals surface area contributed by atoms with E-state index < -0.39 is 18.2 Å². The first-order chi connectivity index (χ1) is 16.0. The van der Waals surface area contributed by atoms with Gasteiger partial charge in [0.05, 0.1) is 5.02 Å². The second kappa shape index (κ2) is 10.8. The Labute approximate surface area is 199 Å². The molecule has 0 heterocycles. The predicted octanol–water partition coefficient (Wildman–Crippen LogP) is 6.64. The van der Waals surface area contributed by atoms with E-state index in [-0.39, 0.29) is 10.8 Å². The van der Waals surface area contributed by atoms with Crippen molar-refractivity contribution in [1.29, 1.82) is 0 Å². The van der Waals surface area contributed by atoms with Gasteiger partial charge in [-0.1, -0.05) is 35.9 Å². The molecule has 0 saturated carbocycles. The molecule has 3 aromatic carbocycles. The molecule has 0 aliphatic carbocycles. The number of amides is 2. The van der Waals surface area contributed by atoms with Crippen molar-refractivity contribution in [3.63, 3.8) is 0 Å². The molecule has 0 aromatic heterocycles. The monoisotopic (exact) mass is 495 g/mol. The Morgan fingerprint density at radius 2 is 1.68 bits per heavy atom.